The zero-order chi connectivity index (χ0) is 27.1. The lowest BCUT2D eigenvalue weighted by molar-refractivity contribution is -0.880. The van der Waals surface area contributed by atoms with Gasteiger partial charge in [0.15, 0.2) is 11.6 Å². The van der Waals surface area contributed by atoms with E-state index < -0.39 is 92.7 Å². The first-order valence-corrected chi connectivity index (χ1v) is 10.7. The van der Waals surface area contributed by atoms with Gasteiger partial charge in [-0.05, 0) is 18.8 Å². The van der Waals surface area contributed by atoms with Gasteiger partial charge in [0.25, 0.3) is 5.91 Å². The normalized spacial score (nSPS) is 28.1. The summed E-state index contributed by atoms with van der Waals surface area (Å²) in [5, 5.41) is 43.6. The smallest absolute Gasteiger partial charge is 0.508 e. The number of benzene rings is 1. The van der Waals surface area contributed by atoms with Crippen LogP contribution in [0.3, 0.4) is 0 Å². The third kappa shape index (κ3) is 3.39. The second-order valence-electron chi connectivity index (χ2n) is 9.32. The van der Waals surface area contributed by atoms with Gasteiger partial charge >= 0.3 is 6.36 Å². The van der Waals surface area contributed by atoms with Crippen molar-refractivity contribution in [3.8, 4) is 11.5 Å². The number of ether oxygens (including phenoxy) is 1. The summed E-state index contributed by atoms with van der Waals surface area (Å²) in [7, 11) is 3.01. The number of quaternary nitrogens is 1. The molecule has 1 saturated carbocycles. The van der Waals surface area contributed by atoms with Gasteiger partial charge in [0.1, 0.15) is 28.6 Å². The number of aromatic hydroxyl groups is 1. The van der Waals surface area contributed by atoms with Gasteiger partial charge in [-0.1, -0.05) is 0 Å². The van der Waals surface area contributed by atoms with Crippen molar-refractivity contribution in [1.29, 1.82) is 0 Å². The summed E-state index contributed by atoms with van der Waals surface area (Å²) in [4.78, 5) is 39.0. The first kappa shape index (κ1) is 25.3. The highest BCUT2D eigenvalue weighted by atomic mass is 19.4. The molecule has 11 nitrogen and oxygen atoms in total. The highest BCUT2D eigenvalue weighted by molar-refractivity contribution is 6.24. The number of carbonyl (C=O) groups excluding carboxylic acids is 3. The van der Waals surface area contributed by atoms with Crippen LogP contribution in [0.4, 0.5) is 18.9 Å². The van der Waals surface area contributed by atoms with Gasteiger partial charge in [-0.15, -0.1) is 13.2 Å². The van der Waals surface area contributed by atoms with E-state index in [-0.39, 0.29) is 18.4 Å². The molecule has 0 radical (unpaired) electrons. The van der Waals surface area contributed by atoms with E-state index in [2.05, 4.69) is 4.74 Å². The number of aliphatic hydroxyl groups is 3. The number of anilines is 1. The van der Waals surface area contributed by atoms with Crippen molar-refractivity contribution >= 4 is 28.9 Å². The quantitative estimate of drug-likeness (QED) is 0.151. The van der Waals surface area contributed by atoms with E-state index >= 15 is 0 Å². The molecule has 14 heteroatoms. The SMILES string of the molecule is C[NH+](C)C1C(=O)C(C(N)=O)=C(O)[C@@]2(O)C(=O)C3=C(O)c4c(O)c(N)cc(OC(F)(F)F)c4C[C@H]3CC12. The lowest BCUT2D eigenvalue weighted by atomic mass is 9.57. The van der Waals surface area contributed by atoms with Crippen LogP contribution in [0.1, 0.15) is 17.5 Å². The number of fused-ring (bicyclic) bond motifs is 3. The standard InChI is InChI=1S/C22H22F3N3O8/c1-28(2)14-8-4-6-3-7-10(36-22(23,24)25)5-9(26)15(29)12(7)16(30)11(6)18(32)21(8,35)19(33)13(17(14)31)20(27)34/h5-6,8,14,29-30,33,35H,3-4,26H2,1-2H3,(H2,27,34)/p+1/t6-,8?,14?,21-/m0/s1. The van der Waals surface area contributed by atoms with Crippen LogP contribution in [0.5, 0.6) is 11.5 Å². The first-order chi connectivity index (χ1) is 16.5. The molecule has 194 valence electrons. The molecule has 36 heavy (non-hydrogen) atoms. The molecule has 0 heterocycles. The Balaban J connectivity index is 1.98. The number of primary amides is 1. The molecule has 3 aliphatic carbocycles. The molecule has 0 bridgehead atoms. The number of hydrogen-bond acceptors (Lipinski definition) is 9. The second kappa shape index (κ2) is 7.86. The Bertz CT molecular complexity index is 1290. The molecule has 1 amide bonds. The highest BCUT2D eigenvalue weighted by Crippen LogP contribution is 2.54. The maximum atomic E-state index is 13.6. The van der Waals surface area contributed by atoms with Crippen molar-refractivity contribution in [1.82, 2.24) is 0 Å². The number of phenolic OH excluding ortho intramolecular Hbond substituents is 1. The summed E-state index contributed by atoms with van der Waals surface area (Å²) in [5.41, 5.74) is 5.03. The monoisotopic (exact) mass is 514 g/mol. The predicted molar refractivity (Wildman–Crippen MR) is 114 cm³/mol. The summed E-state index contributed by atoms with van der Waals surface area (Å²) in [6.07, 6.45) is -5.78. The number of alkyl halides is 3. The number of nitrogens with one attached hydrogen (secondary N) is 1. The van der Waals surface area contributed by atoms with Crippen LogP contribution in [0, 0.1) is 11.8 Å². The number of Topliss-reactive ketones (excluding diaryl/α,β-unsaturated/α-hetero) is 2. The third-order valence-corrected chi connectivity index (χ3v) is 7.04. The number of aliphatic hydroxyl groups excluding tert-OH is 2. The Labute approximate surface area is 201 Å². The molecule has 1 aromatic carbocycles. The van der Waals surface area contributed by atoms with Crippen LogP contribution in [0.15, 0.2) is 23.0 Å². The number of ketones is 2. The number of nitrogens with two attached hydrogens (primary N) is 2. The molecular formula is C22H23F3N3O8+. The minimum Gasteiger partial charge on any atom is -0.508 e. The number of phenols is 1. The van der Waals surface area contributed by atoms with Gasteiger partial charge in [0, 0.05) is 17.2 Å². The van der Waals surface area contributed by atoms with E-state index in [4.69, 9.17) is 11.5 Å². The van der Waals surface area contributed by atoms with Gasteiger partial charge in [-0.25, -0.2) is 0 Å². The molecule has 9 N–H and O–H groups in total. The van der Waals surface area contributed by atoms with Crippen LogP contribution in [0.25, 0.3) is 5.76 Å². The molecule has 0 aliphatic heterocycles. The lowest BCUT2D eigenvalue weighted by Gasteiger charge is -2.48. The van der Waals surface area contributed by atoms with Gasteiger partial charge in [-0.2, -0.15) is 0 Å². The van der Waals surface area contributed by atoms with Crippen molar-refractivity contribution in [3.05, 3.63) is 34.1 Å². The van der Waals surface area contributed by atoms with Crippen molar-refractivity contribution in [2.24, 2.45) is 17.6 Å². The summed E-state index contributed by atoms with van der Waals surface area (Å²) >= 11 is 0. The molecule has 3 aliphatic rings. The number of carbonyl (C=O) groups is 3. The molecule has 0 saturated heterocycles. The highest BCUT2D eigenvalue weighted by Gasteiger charge is 2.65. The van der Waals surface area contributed by atoms with E-state index in [1.807, 2.05) is 0 Å². The topological polar surface area (TPSA) is 198 Å². The summed E-state index contributed by atoms with van der Waals surface area (Å²) < 4.78 is 43.1. The van der Waals surface area contributed by atoms with E-state index in [1.165, 1.54) is 14.1 Å². The zero-order valence-electron chi connectivity index (χ0n) is 18.9. The summed E-state index contributed by atoms with van der Waals surface area (Å²) in [6, 6.07) is -0.515. The van der Waals surface area contributed by atoms with Crippen LogP contribution < -0.4 is 21.1 Å². The van der Waals surface area contributed by atoms with Crippen LogP contribution in [-0.4, -0.2) is 70.0 Å². The molecule has 4 rings (SSSR count). The largest absolute Gasteiger partial charge is 0.573 e. The Hall–Kier alpha value is -3.78. The van der Waals surface area contributed by atoms with Crippen LogP contribution in [0.2, 0.25) is 0 Å². The molecule has 4 atom stereocenters. The molecule has 2 unspecified atom stereocenters. The number of rotatable bonds is 3. The Morgan fingerprint density at radius 1 is 1.22 bits per heavy atom. The van der Waals surface area contributed by atoms with Crippen molar-refractivity contribution in [2.75, 3.05) is 19.8 Å². The fourth-order valence-corrected chi connectivity index (χ4v) is 5.61. The molecular weight excluding hydrogens is 491 g/mol. The third-order valence-electron chi connectivity index (χ3n) is 7.04. The minimum atomic E-state index is -5.14. The average molecular weight is 514 g/mol. The number of likely N-dealkylation sites (N-methyl/N-ethyl adjacent to an activating group) is 1. The van der Waals surface area contributed by atoms with E-state index in [9.17, 15) is 48.0 Å². The van der Waals surface area contributed by atoms with Crippen molar-refractivity contribution in [3.63, 3.8) is 0 Å². The number of amides is 1. The van der Waals surface area contributed by atoms with E-state index in [0.29, 0.717) is 4.90 Å². The van der Waals surface area contributed by atoms with Gasteiger partial charge in [0.05, 0.1) is 31.3 Å². The zero-order valence-corrected chi connectivity index (χ0v) is 18.9. The van der Waals surface area contributed by atoms with Gasteiger partial charge < -0.3 is 41.5 Å². The maximum absolute atomic E-state index is 13.6. The Kier molecular flexibility index (Phi) is 5.53. The van der Waals surface area contributed by atoms with Crippen molar-refractivity contribution < 1.29 is 57.6 Å². The average Bonchev–Trinajstić information content (AvgIpc) is 2.72. The lowest BCUT2D eigenvalue weighted by Crippen LogP contribution is -3.13. The van der Waals surface area contributed by atoms with Crippen LogP contribution >= 0.6 is 0 Å². The van der Waals surface area contributed by atoms with Gasteiger partial charge in [-0.3, -0.25) is 14.4 Å². The van der Waals surface area contributed by atoms with Gasteiger partial charge in [0.2, 0.25) is 11.6 Å². The fourth-order valence-electron chi connectivity index (χ4n) is 5.61. The van der Waals surface area contributed by atoms with E-state index in [1.54, 1.807) is 0 Å². The number of hydrogen-bond donors (Lipinski definition) is 7. The van der Waals surface area contributed by atoms with Crippen molar-refractivity contribution in [2.45, 2.75) is 30.8 Å². The van der Waals surface area contributed by atoms with Crippen LogP contribution in [-0.2, 0) is 20.8 Å². The minimum absolute atomic E-state index is 0.268. The number of halogens is 3. The second-order valence-corrected chi connectivity index (χ2v) is 9.32. The molecule has 0 spiro atoms. The predicted octanol–water partition coefficient (Wildman–Crippen LogP) is -0.972. The molecule has 1 aromatic rings. The Morgan fingerprint density at radius 3 is 2.36 bits per heavy atom. The number of nitrogen functional groups attached to an aromatic ring is 1. The molecule has 1 fully saturated rings. The molecule has 0 aromatic heterocycles. The fraction of sp³-hybridized carbons (Fsp3) is 0.409. The van der Waals surface area contributed by atoms with E-state index in [0.717, 1.165) is 6.07 Å². The summed E-state index contributed by atoms with van der Waals surface area (Å²) in [6.45, 7) is 0. The summed E-state index contributed by atoms with van der Waals surface area (Å²) in [5.74, 6) is -9.84. The maximum Gasteiger partial charge on any atom is 0.573 e. The Morgan fingerprint density at radius 2 is 1.83 bits per heavy atom. The first-order valence-electron chi connectivity index (χ1n) is 10.7.